The number of likely N-dealkylation sites (N-methyl/N-ethyl adjacent to an activating group) is 1. The highest BCUT2D eigenvalue weighted by Gasteiger charge is 2.32. The van der Waals surface area contributed by atoms with Crippen LogP contribution in [0.1, 0.15) is 41.0 Å². The molecule has 94 valence electrons. The molecule has 3 nitrogen and oxygen atoms in total. The normalized spacial score (nSPS) is 19.8. The van der Waals surface area contributed by atoms with Crippen molar-refractivity contribution in [3.63, 3.8) is 0 Å². The molecule has 2 aromatic rings. The van der Waals surface area contributed by atoms with E-state index < -0.39 is 0 Å². The molecule has 0 spiro atoms. The molecule has 0 amide bonds. The highest BCUT2D eigenvalue weighted by molar-refractivity contribution is 5.34. The van der Waals surface area contributed by atoms with Gasteiger partial charge in [0.15, 0.2) is 0 Å². The molecule has 0 fully saturated rings. The second kappa shape index (κ2) is 4.58. The molecule has 1 aliphatic rings. The quantitative estimate of drug-likeness (QED) is 0.899. The Hall–Kier alpha value is -1.61. The number of hydrogen-bond acceptors (Lipinski definition) is 3. The number of rotatable bonds is 3. The molecule has 1 N–H and O–H groups in total. The number of fused-ring (bicyclic) bond motifs is 1. The number of nitrogens with one attached hydrogen (secondary N) is 1. The van der Waals surface area contributed by atoms with Gasteiger partial charge in [-0.25, -0.2) is 0 Å². The molecule has 0 aromatic carbocycles. The fourth-order valence-corrected chi connectivity index (χ4v) is 3.06. The summed E-state index contributed by atoms with van der Waals surface area (Å²) in [5.41, 5.74) is 3.89. The van der Waals surface area contributed by atoms with Crippen molar-refractivity contribution in [3.8, 4) is 0 Å². The average molecular weight is 242 g/mol. The maximum absolute atomic E-state index is 5.43. The van der Waals surface area contributed by atoms with Crippen molar-refractivity contribution in [2.24, 2.45) is 0 Å². The maximum Gasteiger partial charge on any atom is 0.105 e. The summed E-state index contributed by atoms with van der Waals surface area (Å²) in [6, 6.07) is 6.58. The smallest absolute Gasteiger partial charge is 0.105 e. The minimum absolute atomic E-state index is 0.292. The molecule has 0 saturated heterocycles. The van der Waals surface area contributed by atoms with Crippen molar-refractivity contribution in [2.45, 2.75) is 31.7 Å². The molecule has 3 rings (SSSR count). The Balaban J connectivity index is 1.98. The van der Waals surface area contributed by atoms with Gasteiger partial charge in [0.05, 0.1) is 6.26 Å². The van der Waals surface area contributed by atoms with E-state index in [-0.39, 0.29) is 0 Å². The van der Waals surface area contributed by atoms with E-state index in [1.54, 1.807) is 6.26 Å². The van der Waals surface area contributed by atoms with Crippen LogP contribution in [0.25, 0.3) is 0 Å². The van der Waals surface area contributed by atoms with Gasteiger partial charge >= 0.3 is 0 Å². The molecular weight excluding hydrogens is 224 g/mol. The first kappa shape index (κ1) is 11.5. The first-order chi connectivity index (χ1) is 8.81. The van der Waals surface area contributed by atoms with Crippen LogP contribution in [0.3, 0.4) is 0 Å². The van der Waals surface area contributed by atoms with Crippen LogP contribution in [0.15, 0.2) is 35.1 Å². The molecule has 3 heteroatoms. The summed E-state index contributed by atoms with van der Waals surface area (Å²) < 4.78 is 5.43. The zero-order valence-electron chi connectivity index (χ0n) is 10.8. The standard InChI is InChI=1S/C15H18N2O/c1-10-12(7-9-18-10)15(16-2)13-6-5-11-4-3-8-17-14(11)13/h3-4,7-9,13,15-16H,5-6H2,1-2H3. The fraction of sp³-hybridized carbons (Fsp3) is 0.400. The zero-order valence-corrected chi connectivity index (χ0v) is 10.8. The Morgan fingerprint density at radius 1 is 1.44 bits per heavy atom. The summed E-state index contributed by atoms with van der Waals surface area (Å²) in [5, 5.41) is 3.43. The monoisotopic (exact) mass is 242 g/mol. The third-order valence-corrected chi connectivity index (χ3v) is 3.95. The lowest BCUT2D eigenvalue weighted by Crippen LogP contribution is -2.23. The van der Waals surface area contributed by atoms with E-state index in [4.69, 9.17) is 4.42 Å². The van der Waals surface area contributed by atoms with Crippen LogP contribution in [0.2, 0.25) is 0 Å². The highest BCUT2D eigenvalue weighted by Crippen LogP contribution is 2.41. The van der Waals surface area contributed by atoms with Gasteiger partial charge in [-0.1, -0.05) is 6.07 Å². The Kier molecular flexibility index (Phi) is 2.92. The van der Waals surface area contributed by atoms with Gasteiger partial charge < -0.3 is 9.73 Å². The van der Waals surface area contributed by atoms with Gasteiger partial charge in [-0.3, -0.25) is 4.98 Å². The third-order valence-electron chi connectivity index (χ3n) is 3.95. The summed E-state index contributed by atoms with van der Waals surface area (Å²) in [6.45, 7) is 2.02. The lowest BCUT2D eigenvalue weighted by Gasteiger charge is -2.23. The Bertz CT molecular complexity index is 547. The van der Waals surface area contributed by atoms with Crippen molar-refractivity contribution < 1.29 is 4.42 Å². The Labute approximate surface area is 107 Å². The van der Waals surface area contributed by atoms with Gasteiger partial charge in [-0.15, -0.1) is 0 Å². The number of furan rings is 1. The molecule has 0 saturated carbocycles. The minimum atomic E-state index is 0.292. The van der Waals surface area contributed by atoms with E-state index in [9.17, 15) is 0 Å². The van der Waals surface area contributed by atoms with E-state index in [0.29, 0.717) is 12.0 Å². The molecule has 2 atom stereocenters. The number of nitrogens with zero attached hydrogens (tertiary/aromatic N) is 1. The topological polar surface area (TPSA) is 38.1 Å². The SMILES string of the molecule is CNC(c1ccoc1C)C1CCc2cccnc21. The second-order valence-electron chi connectivity index (χ2n) is 4.89. The lowest BCUT2D eigenvalue weighted by atomic mass is 9.91. The predicted molar refractivity (Wildman–Crippen MR) is 70.5 cm³/mol. The lowest BCUT2D eigenvalue weighted by molar-refractivity contribution is 0.454. The van der Waals surface area contributed by atoms with Gasteiger partial charge in [0, 0.05) is 29.4 Å². The number of aryl methyl sites for hydroxylation is 2. The number of hydrogen-bond donors (Lipinski definition) is 1. The summed E-state index contributed by atoms with van der Waals surface area (Å²) in [4.78, 5) is 4.58. The largest absolute Gasteiger partial charge is 0.469 e. The fourth-order valence-electron chi connectivity index (χ4n) is 3.06. The molecule has 0 bridgehead atoms. The van der Waals surface area contributed by atoms with Crippen molar-refractivity contribution >= 4 is 0 Å². The summed E-state index contributed by atoms with van der Waals surface area (Å²) >= 11 is 0. The van der Waals surface area contributed by atoms with E-state index in [2.05, 4.69) is 22.4 Å². The molecule has 1 aliphatic carbocycles. The van der Waals surface area contributed by atoms with E-state index in [0.717, 1.165) is 18.6 Å². The summed E-state index contributed by atoms with van der Waals surface area (Å²) in [5.74, 6) is 1.45. The molecular formula is C15H18N2O. The summed E-state index contributed by atoms with van der Waals surface area (Å²) in [7, 11) is 2.01. The van der Waals surface area contributed by atoms with Crippen LogP contribution in [-0.4, -0.2) is 12.0 Å². The number of aromatic nitrogens is 1. The predicted octanol–water partition coefficient (Wildman–Crippen LogP) is 2.97. The zero-order chi connectivity index (χ0) is 12.5. The van der Waals surface area contributed by atoms with Crippen LogP contribution in [0, 0.1) is 6.92 Å². The van der Waals surface area contributed by atoms with Crippen molar-refractivity contribution in [3.05, 3.63) is 53.2 Å². The molecule has 0 radical (unpaired) electrons. The first-order valence-corrected chi connectivity index (χ1v) is 6.46. The van der Waals surface area contributed by atoms with Gasteiger partial charge in [-0.05, 0) is 44.5 Å². The average Bonchev–Trinajstić information content (AvgIpc) is 2.99. The molecule has 2 unspecified atom stereocenters. The molecule has 2 heterocycles. The third kappa shape index (κ3) is 1.75. The van der Waals surface area contributed by atoms with Crippen LogP contribution in [0.4, 0.5) is 0 Å². The van der Waals surface area contributed by atoms with E-state index in [1.807, 2.05) is 26.2 Å². The molecule has 0 aliphatic heterocycles. The molecule has 18 heavy (non-hydrogen) atoms. The molecule has 2 aromatic heterocycles. The first-order valence-electron chi connectivity index (χ1n) is 6.46. The van der Waals surface area contributed by atoms with E-state index >= 15 is 0 Å². The van der Waals surface area contributed by atoms with Crippen molar-refractivity contribution in [2.75, 3.05) is 7.05 Å². The minimum Gasteiger partial charge on any atom is -0.469 e. The highest BCUT2D eigenvalue weighted by atomic mass is 16.3. The van der Waals surface area contributed by atoms with Crippen LogP contribution >= 0.6 is 0 Å². The van der Waals surface area contributed by atoms with E-state index in [1.165, 1.54) is 16.8 Å². The second-order valence-corrected chi connectivity index (χ2v) is 4.89. The maximum atomic E-state index is 5.43. The van der Waals surface area contributed by atoms with Gasteiger partial charge in [-0.2, -0.15) is 0 Å². The Morgan fingerprint density at radius 2 is 2.33 bits per heavy atom. The van der Waals surface area contributed by atoms with Gasteiger partial charge in [0.1, 0.15) is 5.76 Å². The van der Waals surface area contributed by atoms with Crippen molar-refractivity contribution in [1.29, 1.82) is 0 Å². The van der Waals surface area contributed by atoms with Crippen LogP contribution < -0.4 is 5.32 Å². The van der Waals surface area contributed by atoms with Crippen LogP contribution in [0.5, 0.6) is 0 Å². The Morgan fingerprint density at radius 3 is 3.06 bits per heavy atom. The van der Waals surface area contributed by atoms with Crippen LogP contribution in [-0.2, 0) is 6.42 Å². The van der Waals surface area contributed by atoms with Crippen molar-refractivity contribution in [1.82, 2.24) is 10.3 Å². The summed E-state index contributed by atoms with van der Waals surface area (Å²) in [6.07, 6.45) is 5.95. The van der Waals surface area contributed by atoms with Gasteiger partial charge in [0.25, 0.3) is 0 Å². The van der Waals surface area contributed by atoms with Gasteiger partial charge in [0.2, 0.25) is 0 Å². The number of pyridine rings is 1.